The molecule has 2 aromatic rings. The molecule has 0 bridgehead atoms. The minimum absolute atomic E-state index is 0.226. The molecule has 98 valence electrons. The number of rotatable bonds is 0. The van der Waals surface area contributed by atoms with E-state index >= 15 is 0 Å². The third kappa shape index (κ3) is 1.58. The molecule has 0 N–H and O–H groups in total. The number of fused-ring (bicyclic) bond motifs is 4. The Morgan fingerprint density at radius 3 is 2.80 bits per heavy atom. The van der Waals surface area contributed by atoms with Crippen LogP contribution in [0.3, 0.4) is 0 Å². The van der Waals surface area contributed by atoms with Crippen LogP contribution in [0.4, 0.5) is 4.39 Å². The summed E-state index contributed by atoms with van der Waals surface area (Å²) in [6.45, 7) is 0. The number of aromatic nitrogens is 2. The topological polar surface area (TPSA) is 17.8 Å². The Labute approximate surface area is 123 Å². The van der Waals surface area contributed by atoms with E-state index < -0.39 is 0 Å². The van der Waals surface area contributed by atoms with Gasteiger partial charge in [-0.2, -0.15) is 0 Å². The van der Waals surface area contributed by atoms with Gasteiger partial charge in [0.15, 0.2) is 0 Å². The fourth-order valence-electron chi connectivity index (χ4n) is 2.78. The fraction of sp³-hybridized carbons (Fsp3) is 0.0625. The maximum Gasteiger partial charge on any atom is 0.123 e. The summed E-state index contributed by atoms with van der Waals surface area (Å²) >= 11 is 3.50. The fourth-order valence-corrected chi connectivity index (χ4v) is 3.14. The summed E-state index contributed by atoms with van der Waals surface area (Å²) in [6.07, 6.45) is 0. The van der Waals surface area contributed by atoms with Gasteiger partial charge in [0.1, 0.15) is 5.82 Å². The van der Waals surface area contributed by atoms with E-state index in [4.69, 9.17) is 0 Å². The predicted molar refractivity (Wildman–Crippen MR) is 82.5 cm³/mol. The molecule has 0 aromatic heterocycles. The van der Waals surface area contributed by atoms with Crippen LogP contribution in [0.5, 0.6) is 0 Å². The van der Waals surface area contributed by atoms with Crippen molar-refractivity contribution in [3.05, 3.63) is 52.8 Å². The van der Waals surface area contributed by atoms with Gasteiger partial charge < -0.3 is 4.57 Å². The zero-order valence-electron chi connectivity index (χ0n) is 10.7. The highest BCUT2D eigenvalue weighted by Crippen LogP contribution is 2.35. The van der Waals surface area contributed by atoms with Crippen LogP contribution in [0.25, 0.3) is 33.2 Å². The summed E-state index contributed by atoms with van der Waals surface area (Å²) in [6, 6.07) is 12.8. The Bertz CT molecular complexity index is 942. The average molecular weight is 329 g/mol. The zero-order valence-corrected chi connectivity index (χ0v) is 12.3. The van der Waals surface area contributed by atoms with E-state index in [1.54, 1.807) is 12.1 Å². The van der Waals surface area contributed by atoms with Gasteiger partial charge in [-0.3, -0.25) is 0 Å². The van der Waals surface area contributed by atoms with E-state index in [0.717, 1.165) is 37.7 Å². The van der Waals surface area contributed by atoms with E-state index in [0.29, 0.717) is 0 Å². The third-order valence-corrected chi connectivity index (χ3v) is 4.17. The first-order valence-electron chi connectivity index (χ1n) is 6.27. The molecule has 0 fully saturated rings. The first-order chi connectivity index (χ1) is 9.63. The van der Waals surface area contributed by atoms with Gasteiger partial charge in [0, 0.05) is 27.8 Å². The van der Waals surface area contributed by atoms with Crippen molar-refractivity contribution in [2.75, 3.05) is 0 Å². The molecule has 0 saturated carbocycles. The highest BCUT2D eigenvalue weighted by molar-refractivity contribution is 9.10. The van der Waals surface area contributed by atoms with Crippen LogP contribution >= 0.6 is 15.9 Å². The number of benzene rings is 2. The number of pyridine rings is 1. The van der Waals surface area contributed by atoms with Crippen LogP contribution < -0.4 is 0 Å². The molecule has 20 heavy (non-hydrogen) atoms. The molecule has 2 aliphatic rings. The minimum Gasteiger partial charge on any atom is -0.342 e. The Hall–Kier alpha value is -1.94. The number of hydrogen-bond donors (Lipinski definition) is 0. The lowest BCUT2D eigenvalue weighted by atomic mass is 10.1. The van der Waals surface area contributed by atoms with Crippen molar-refractivity contribution in [3.63, 3.8) is 0 Å². The van der Waals surface area contributed by atoms with Crippen molar-refractivity contribution < 1.29 is 4.39 Å². The molecular formula is C16H10BrFN2. The summed E-state index contributed by atoms with van der Waals surface area (Å²) in [5.74, 6) is -0.226. The lowest BCUT2D eigenvalue weighted by molar-refractivity contribution is 0.629. The van der Waals surface area contributed by atoms with Crippen molar-refractivity contribution in [2.24, 2.45) is 7.05 Å². The molecular weight excluding hydrogens is 319 g/mol. The predicted octanol–water partition coefficient (Wildman–Crippen LogP) is 4.73. The maximum absolute atomic E-state index is 13.4. The summed E-state index contributed by atoms with van der Waals surface area (Å²) in [5, 5.41) is 1.96. The largest absolute Gasteiger partial charge is 0.342 e. The molecule has 0 saturated heterocycles. The average Bonchev–Trinajstić information content (AvgIpc) is 2.76. The van der Waals surface area contributed by atoms with Crippen LogP contribution in [0.15, 0.2) is 46.9 Å². The van der Waals surface area contributed by atoms with Crippen molar-refractivity contribution in [1.82, 2.24) is 9.55 Å². The van der Waals surface area contributed by atoms with E-state index in [2.05, 4.69) is 31.5 Å². The second-order valence-electron chi connectivity index (χ2n) is 4.91. The standard InChI is InChI=1S/C16H10BrFN2/c1-20-15-5-3-11(18)6-9(15)7-14-16(20)12-8-10(17)2-4-13(12)19-14/h2-8H,1H3. The molecule has 0 aliphatic carbocycles. The molecule has 4 rings (SSSR count). The van der Waals surface area contributed by atoms with Gasteiger partial charge in [-0.15, -0.1) is 0 Å². The zero-order chi connectivity index (χ0) is 13.9. The lowest BCUT2D eigenvalue weighted by Gasteiger charge is -2.12. The second kappa shape index (κ2) is 4.03. The van der Waals surface area contributed by atoms with Crippen molar-refractivity contribution in [3.8, 4) is 11.4 Å². The van der Waals surface area contributed by atoms with Gasteiger partial charge in [0.05, 0.1) is 16.9 Å². The van der Waals surface area contributed by atoms with Crippen LogP contribution in [-0.2, 0) is 7.05 Å². The highest BCUT2D eigenvalue weighted by atomic mass is 79.9. The van der Waals surface area contributed by atoms with Crippen molar-refractivity contribution in [2.45, 2.75) is 0 Å². The van der Waals surface area contributed by atoms with Gasteiger partial charge >= 0.3 is 0 Å². The monoisotopic (exact) mass is 328 g/mol. The van der Waals surface area contributed by atoms with Gasteiger partial charge in [-0.05, 0) is 42.5 Å². The first-order valence-corrected chi connectivity index (χ1v) is 7.07. The van der Waals surface area contributed by atoms with E-state index in [9.17, 15) is 4.39 Å². The molecule has 0 atom stereocenters. The SMILES string of the molecule is Cn1c2c3cc(Br)ccc3nc-2cc2cc(F)ccc21. The van der Waals surface area contributed by atoms with Gasteiger partial charge in [0.25, 0.3) is 0 Å². The van der Waals surface area contributed by atoms with Crippen LogP contribution in [0.2, 0.25) is 0 Å². The Morgan fingerprint density at radius 2 is 1.95 bits per heavy atom. The number of nitrogens with zero attached hydrogens (tertiary/aromatic N) is 2. The summed E-state index contributed by atoms with van der Waals surface area (Å²) in [7, 11) is 1.99. The van der Waals surface area contributed by atoms with Crippen molar-refractivity contribution >= 4 is 37.7 Å². The smallest absolute Gasteiger partial charge is 0.123 e. The van der Waals surface area contributed by atoms with E-state index in [1.807, 2.05) is 25.2 Å². The normalized spacial score (nSPS) is 11.8. The Morgan fingerprint density at radius 1 is 1.10 bits per heavy atom. The third-order valence-electron chi connectivity index (χ3n) is 3.68. The molecule has 2 aliphatic heterocycles. The Kier molecular flexibility index (Phi) is 2.39. The summed E-state index contributed by atoms with van der Waals surface area (Å²) in [5.41, 5.74) is 3.90. The van der Waals surface area contributed by atoms with Crippen LogP contribution in [0.1, 0.15) is 0 Å². The maximum atomic E-state index is 13.4. The highest BCUT2D eigenvalue weighted by Gasteiger charge is 2.16. The summed E-state index contributed by atoms with van der Waals surface area (Å²) < 4.78 is 16.5. The molecule has 2 aromatic carbocycles. The van der Waals surface area contributed by atoms with E-state index in [-0.39, 0.29) is 5.82 Å². The van der Waals surface area contributed by atoms with Crippen molar-refractivity contribution in [1.29, 1.82) is 0 Å². The van der Waals surface area contributed by atoms with Gasteiger partial charge in [0.2, 0.25) is 0 Å². The molecule has 4 heteroatoms. The molecule has 0 spiro atoms. The second-order valence-corrected chi connectivity index (χ2v) is 5.83. The molecule has 0 amide bonds. The van der Waals surface area contributed by atoms with Crippen LogP contribution in [0, 0.1) is 5.82 Å². The number of halogens is 2. The molecule has 0 unspecified atom stereocenters. The number of aryl methyl sites for hydroxylation is 1. The first kappa shape index (κ1) is 11.9. The van der Waals surface area contributed by atoms with Gasteiger partial charge in [-0.25, -0.2) is 9.37 Å². The Balaban J connectivity index is 2.24. The molecule has 0 radical (unpaired) electrons. The van der Waals surface area contributed by atoms with Gasteiger partial charge in [-0.1, -0.05) is 15.9 Å². The molecule has 2 nitrogen and oxygen atoms in total. The quantitative estimate of drug-likeness (QED) is 0.456. The molecule has 2 heterocycles. The minimum atomic E-state index is -0.226. The lowest BCUT2D eigenvalue weighted by Crippen LogP contribution is -1.99. The van der Waals surface area contributed by atoms with E-state index in [1.165, 1.54) is 6.07 Å². The number of hydrogen-bond acceptors (Lipinski definition) is 1. The summed E-state index contributed by atoms with van der Waals surface area (Å²) in [4.78, 5) is 4.63. The van der Waals surface area contributed by atoms with Crippen LogP contribution in [-0.4, -0.2) is 9.55 Å².